The van der Waals surface area contributed by atoms with Gasteiger partial charge in [-0.05, 0) is 13.3 Å². The van der Waals surface area contributed by atoms with Crippen LogP contribution >= 0.6 is 0 Å². The number of hydrogen-bond donors (Lipinski definition) is 0. The van der Waals surface area contributed by atoms with E-state index in [1.807, 2.05) is 0 Å². The first-order chi connectivity index (χ1) is 7.96. The molecule has 15 heavy (non-hydrogen) atoms. The van der Waals surface area contributed by atoms with Crippen LogP contribution < -0.4 is 0 Å². The van der Waals surface area contributed by atoms with Gasteiger partial charge in [0.1, 0.15) is 0 Å². The maximum atomic E-state index is 11.5. The van der Waals surface area contributed by atoms with Crippen molar-refractivity contribution in [2.45, 2.75) is 65.7 Å². The summed E-state index contributed by atoms with van der Waals surface area (Å²) in [5, 5.41) is 0. The summed E-state index contributed by atoms with van der Waals surface area (Å²) >= 11 is 0. The molecule has 0 saturated heterocycles. The van der Waals surface area contributed by atoms with Crippen molar-refractivity contribution in [1.29, 1.82) is 0 Å². The predicted octanol–water partition coefficient (Wildman–Crippen LogP) is 3.94. The number of carbonyl (C=O) groups is 1. The van der Waals surface area contributed by atoms with Gasteiger partial charge in [-0.3, -0.25) is 4.79 Å². The van der Waals surface area contributed by atoms with Gasteiger partial charge in [0.2, 0.25) is 0 Å². The number of ether oxygens (including phenoxy) is 1. The lowest BCUT2D eigenvalue weighted by Gasteiger charge is -2.09. The van der Waals surface area contributed by atoms with Crippen LogP contribution in [0.15, 0.2) is 0 Å². The Morgan fingerprint density at radius 2 is 1.87 bits per heavy atom. The molecule has 0 bridgehead atoms. The SMILES string of the molecule is [2H]C(CCCCCCC)C([2H])(C)C(=O)OCC. The van der Waals surface area contributed by atoms with E-state index in [9.17, 15) is 4.79 Å². The van der Waals surface area contributed by atoms with E-state index in [1.165, 1.54) is 26.2 Å². The molecule has 2 unspecified atom stereocenters. The molecule has 0 amide bonds. The Morgan fingerprint density at radius 1 is 1.27 bits per heavy atom. The molecule has 0 aromatic carbocycles. The normalized spacial score (nSPS) is 18.6. The number of unbranched alkanes of at least 4 members (excludes halogenated alkanes) is 4. The third-order valence-electron chi connectivity index (χ3n) is 2.36. The third kappa shape index (κ3) is 8.46. The van der Waals surface area contributed by atoms with Crippen LogP contribution in [0.3, 0.4) is 0 Å². The summed E-state index contributed by atoms with van der Waals surface area (Å²) in [5.74, 6) is -2.01. The maximum absolute atomic E-state index is 11.5. The van der Waals surface area contributed by atoms with Crippen LogP contribution in [0.2, 0.25) is 0 Å². The van der Waals surface area contributed by atoms with E-state index in [0.717, 1.165) is 12.8 Å². The van der Waals surface area contributed by atoms with Crippen molar-refractivity contribution in [3.63, 3.8) is 0 Å². The van der Waals surface area contributed by atoms with Gasteiger partial charge < -0.3 is 4.74 Å². The van der Waals surface area contributed by atoms with Crippen molar-refractivity contribution in [2.75, 3.05) is 6.61 Å². The fourth-order valence-corrected chi connectivity index (χ4v) is 1.39. The lowest BCUT2D eigenvalue weighted by Crippen LogP contribution is -2.14. The first kappa shape index (κ1) is 11.0. The Bertz CT molecular complexity index is 217. The van der Waals surface area contributed by atoms with E-state index < -0.39 is 18.3 Å². The lowest BCUT2D eigenvalue weighted by molar-refractivity contribution is -0.147. The van der Waals surface area contributed by atoms with Gasteiger partial charge in [-0.15, -0.1) is 0 Å². The van der Waals surface area contributed by atoms with Crippen LogP contribution in [0.5, 0.6) is 0 Å². The zero-order valence-electron chi connectivity index (χ0n) is 12.3. The molecule has 2 heteroatoms. The molecule has 0 N–H and O–H groups in total. The van der Waals surface area contributed by atoms with Crippen LogP contribution in [0.1, 0.15) is 68.4 Å². The zero-order chi connectivity index (χ0) is 13.3. The highest BCUT2D eigenvalue weighted by atomic mass is 16.5. The van der Waals surface area contributed by atoms with E-state index >= 15 is 0 Å². The van der Waals surface area contributed by atoms with Crippen LogP contribution in [-0.4, -0.2) is 12.6 Å². The Kier molecular flexibility index (Phi) is 7.32. The largest absolute Gasteiger partial charge is 0.466 e. The van der Waals surface area contributed by atoms with Crippen molar-refractivity contribution in [3.05, 3.63) is 0 Å². The summed E-state index contributed by atoms with van der Waals surface area (Å²) in [5.41, 5.74) is 0. The number of hydrogen-bond acceptors (Lipinski definition) is 2. The van der Waals surface area contributed by atoms with Crippen molar-refractivity contribution < 1.29 is 12.3 Å². The minimum Gasteiger partial charge on any atom is -0.466 e. The van der Waals surface area contributed by atoms with Crippen LogP contribution in [0.25, 0.3) is 0 Å². The van der Waals surface area contributed by atoms with Crippen LogP contribution in [0, 0.1) is 5.89 Å². The second-order valence-electron chi connectivity index (χ2n) is 3.81. The summed E-state index contributed by atoms with van der Waals surface area (Å²) in [7, 11) is 0. The topological polar surface area (TPSA) is 26.3 Å². The minimum atomic E-state index is -1.43. The van der Waals surface area contributed by atoms with Gasteiger partial charge in [-0.2, -0.15) is 0 Å². The second kappa shape index (κ2) is 10.0. The molecule has 2 atom stereocenters. The molecule has 0 aromatic heterocycles. The Morgan fingerprint density at radius 3 is 2.47 bits per heavy atom. The van der Waals surface area contributed by atoms with Crippen molar-refractivity contribution in [3.8, 4) is 0 Å². The molecule has 0 heterocycles. The molecule has 0 aliphatic rings. The number of carbonyl (C=O) groups excluding carboxylic acids is 1. The summed E-state index contributed by atoms with van der Waals surface area (Å²) in [4.78, 5) is 11.5. The molecule has 2 nitrogen and oxygen atoms in total. The minimum absolute atomic E-state index is 0.274. The number of esters is 1. The second-order valence-corrected chi connectivity index (χ2v) is 3.81. The highest BCUT2D eigenvalue weighted by Crippen LogP contribution is 2.13. The molecule has 0 aromatic rings. The van der Waals surface area contributed by atoms with E-state index in [0.29, 0.717) is 6.42 Å². The highest BCUT2D eigenvalue weighted by molar-refractivity contribution is 5.71. The quantitative estimate of drug-likeness (QED) is 0.431. The predicted molar refractivity (Wildman–Crippen MR) is 63.8 cm³/mol. The summed E-state index contributed by atoms with van der Waals surface area (Å²) < 4.78 is 20.6. The van der Waals surface area contributed by atoms with Gasteiger partial charge in [-0.1, -0.05) is 52.4 Å². The Balaban J connectivity index is 3.94. The van der Waals surface area contributed by atoms with Crippen molar-refractivity contribution >= 4 is 5.97 Å². The average molecular weight is 216 g/mol. The van der Waals surface area contributed by atoms with E-state index in [4.69, 9.17) is 7.48 Å². The summed E-state index contributed by atoms with van der Waals surface area (Å²) in [6.45, 7) is 5.64. The van der Waals surface area contributed by atoms with Crippen LogP contribution in [0.4, 0.5) is 0 Å². The van der Waals surface area contributed by atoms with Crippen molar-refractivity contribution in [2.24, 2.45) is 5.89 Å². The fraction of sp³-hybridized carbons (Fsp3) is 0.923. The molecule has 0 radical (unpaired) electrons. The molecule has 0 aliphatic heterocycles. The summed E-state index contributed by atoms with van der Waals surface area (Å²) in [6, 6.07) is 0. The van der Waals surface area contributed by atoms with Gasteiger partial charge in [0.05, 0.1) is 12.5 Å². The van der Waals surface area contributed by atoms with Gasteiger partial charge in [0.15, 0.2) is 0 Å². The molecular weight excluding hydrogens is 188 g/mol. The van der Waals surface area contributed by atoms with Gasteiger partial charge in [0.25, 0.3) is 0 Å². The van der Waals surface area contributed by atoms with E-state index in [-0.39, 0.29) is 6.61 Å². The monoisotopic (exact) mass is 216 g/mol. The van der Waals surface area contributed by atoms with E-state index in [1.54, 1.807) is 6.92 Å². The maximum Gasteiger partial charge on any atom is 0.308 e. The van der Waals surface area contributed by atoms with Crippen molar-refractivity contribution in [1.82, 2.24) is 0 Å². The first-order valence-electron chi connectivity index (χ1n) is 7.14. The molecular formula is C13H26O2. The molecule has 90 valence electrons. The zero-order valence-corrected chi connectivity index (χ0v) is 10.3. The molecule has 0 spiro atoms. The highest BCUT2D eigenvalue weighted by Gasteiger charge is 2.12. The smallest absolute Gasteiger partial charge is 0.308 e. The Labute approximate surface area is 97.2 Å². The average Bonchev–Trinajstić information content (AvgIpc) is 2.28. The molecule has 0 fully saturated rings. The molecule has 0 saturated carbocycles. The summed E-state index contributed by atoms with van der Waals surface area (Å²) in [6.07, 6.45) is 5.51. The van der Waals surface area contributed by atoms with Crippen LogP contribution in [-0.2, 0) is 9.53 Å². The first-order valence-corrected chi connectivity index (χ1v) is 6.06. The van der Waals surface area contributed by atoms with Gasteiger partial charge in [-0.25, -0.2) is 0 Å². The van der Waals surface area contributed by atoms with Gasteiger partial charge in [0, 0.05) is 2.74 Å². The standard InChI is InChI=1S/C13H26O2/c1-4-6-7-8-9-10-11-12(3)13(14)15-5-2/h12H,4-11H2,1-3H3/i11D,12D. The molecule has 0 aliphatic carbocycles. The third-order valence-corrected chi connectivity index (χ3v) is 2.36. The number of rotatable bonds is 9. The van der Waals surface area contributed by atoms with Gasteiger partial charge >= 0.3 is 5.97 Å². The molecule has 0 rings (SSSR count). The fourth-order valence-electron chi connectivity index (χ4n) is 1.39. The Hall–Kier alpha value is -0.530. The van der Waals surface area contributed by atoms with E-state index in [2.05, 4.69) is 6.92 Å². The lowest BCUT2D eigenvalue weighted by atomic mass is 10.0.